The minimum atomic E-state index is -1.08. The molecular formula is C16H18N2O3. The first-order valence-electron chi connectivity index (χ1n) is 6.61. The van der Waals surface area contributed by atoms with E-state index in [1.54, 1.807) is 26.0 Å². The fraction of sp³-hybridized carbons (Fsp3) is 0.250. The van der Waals surface area contributed by atoms with Gasteiger partial charge in [-0.3, -0.25) is 4.79 Å². The molecule has 110 valence electrons. The SMILES string of the molecule is CC(C)(N)CC(=O)Nc1cc2ccccc2cc1C(=O)O. The van der Waals surface area contributed by atoms with Crippen molar-refractivity contribution >= 4 is 28.3 Å². The summed E-state index contributed by atoms with van der Waals surface area (Å²) in [6.45, 7) is 3.48. The van der Waals surface area contributed by atoms with Crippen LogP contribution in [-0.2, 0) is 4.79 Å². The lowest BCUT2D eigenvalue weighted by Crippen LogP contribution is -2.36. The highest BCUT2D eigenvalue weighted by Crippen LogP contribution is 2.24. The van der Waals surface area contributed by atoms with Gasteiger partial charge >= 0.3 is 5.97 Å². The Morgan fingerprint density at radius 2 is 1.76 bits per heavy atom. The van der Waals surface area contributed by atoms with Gasteiger partial charge in [0, 0.05) is 12.0 Å². The second kappa shape index (κ2) is 5.54. The molecule has 0 spiro atoms. The number of nitrogens with one attached hydrogen (secondary N) is 1. The van der Waals surface area contributed by atoms with Crippen LogP contribution in [0.5, 0.6) is 0 Å². The fourth-order valence-corrected chi connectivity index (χ4v) is 2.13. The first-order chi connectivity index (χ1) is 9.76. The van der Waals surface area contributed by atoms with Gasteiger partial charge in [0.1, 0.15) is 0 Å². The number of hydrogen-bond donors (Lipinski definition) is 3. The Hall–Kier alpha value is -2.40. The van der Waals surface area contributed by atoms with Gasteiger partial charge in [-0.2, -0.15) is 0 Å². The second-order valence-corrected chi connectivity index (χ2v) is 5.76. The molecule has 2 aromatic carbocycles. The summed E-state index contributed by atoms with van der Waals surface area (Å²) in [5.41, 5.74) is 5.51. The maximum atomic E-state index is 12.0. The van der Waals surface area contributed by atoms with Crippen molar-refractivity contribution in [1.82, 2.24) is 0 Å². The summed E-state index contributed by atoms with van der Waals surface area (Å²) in [4.78, 5) is 23.3. The molecule has 0 aliphatic carbocycles. The number of nitrogens with two attached hydrogens (primary N) is 1. The summed E-state index contributed by atoms with van der Waals surface area (Å²) >= 11 is 0. The van der Waals surface area contributed by atoms with Crippen LogP contribution in [0.4, 0.5) is 5.69 Å². The number of carboxylic acids is 1. The number of aromatic carboxylic acids is 1. The predicted molar refractivity (Wildman–Crippen MR) is 82.4 cm³/mol. The molecule has 0 saturated heterocycles. The molecule has 21 heavy (non-hydrogen) atoms. The van der Waals surface area contributed by atoms with Crippen LogP contribution in [0.25, 0.3) is 10.8 Å². The zero-order chi connectivity index (χ0) is 15.6. The van der Waals surface area contributed by atoms with Gasteiger partial charge < -0.3 is 16.2 Å². The van der Waals surface area contributed by atoms with Crippen LogP contribution in [0.15, 0.2) is 36.4 Å². The lowest BCUT2D eigenvalue weighted by molar-refractivity contribution is -0.117. The highest BCUT2D eigenvalue weighted by Gasteiger charge is 2.19. The minimum Gasteiger partial charge on any atom is -0.478 e. The molecule has 5 nitrogen and oxygen atoms in total. The molecule has 0 radical (unpaired) electrons. The van der Waals surface area contributed by atoms with Crippen LogP contribution in [-0.4, -0.2) is 22.5 Å². The van der Waals surface area contributed by atoms with Crippen molar-refractivity contribution in [3.63, 3.8) is 0 Å². The molecule has 0 aliphatic heterocycles. The first kappa shape index (κ1) is 15.0. The normalized spacial score (nSPS) is 11.4. The molecule has 4 N–H and O–H groups in total. The number of carbonyl (C=O) groups excluding carboxylic acids is 1. The average Bonchev–Trinajstić information content (AvgIpc) is 2.35. The Morgan fingerprint density at radius 3 is 2.29 bits per heavy atom. The number of carboxylic acid groups (broad SMARTS) is 1. The van der Waals surface area contributed by atoms with Gasteiger partial charge in [0.05, 0.1) is 11.3 Å². The third kappa shape index (κ3) is 3.79. The van der Waals surface area contributed by atoms with Crippen LogP contribution >= 0.6 is 0 Å². The largest absolute Gasteiger partial charge is 0.478 e. The summed E-state index contributed by atoms with van der Waals surface area (Å²) < 4.78 is 0. The summed E-state index contributed by atoms with van der Waals surface area (Å²) in [5.74, 6) is -1.39. The van der Waals surface area contributed by atoms with Crippen LogP contribution < -0.4 is 11.1 Å². The van der Waals surface area contributed by atoms with Crippen molar-refractivity contribution in [1.29, 1.82) is 0 Å². The lowest BCUT2D eigenvalue weighted by atomic mass is 10.0. The van der Waals surface area contributed by atoms with E-state index in [0.29, 0.717) is 0 Å². The van der Waals surface area contributed by atoms with Crippen LogP contribution in [0, 0.1) is 0 Å². The number of hydrogen-bond acceptors (Lipinski definition) is 3. The molecule has 0 bridgehead atoms. The Balaban J connectivity index is 2.39. The third-order valence-corrected chi connectivity index (χ3v) is 3.01. The number of fused-ring (bicyclic) bond motifs is 1. The molecular weight excluding hydrogens is 268 g/mol. The molecule has 1 amide bonds. The zero-order valence-electron chi connectivity index (χ0n) is 12.0. The van der Waals surface area contributed by atoms with E-state index in [0.717, 1.165) is 10.8 Å². The Bertz CT molecular complexity index is 702. The molecule has 0 aliphatic rings. The molecule has 2 rings (SSSR count). The topological polar surface area (TPSA) is 92.4 Å². The Labute approximate surface area is 122 Å². The average molecular weight is 286 g/mol. The van der Waals surface area contributed by atoms with Crippen LogP contribution in [0.1, 0.15) is 30.6 Å². The van der Waals surface area contributed by atoms with E-state index in [1.807, 2.05) is 24.3 Å². The maximum Gasteiger partial charge on any atom is 0.337 e. The minimum absolute atomic E-state index is 0.0666. The first-order valence-corrected chi connectivity index (χ1v) is 6.61. The molecule has 0 fully saturated rings. The van der Waals surface area contributed by atoms with Crippen molar-refractivity contribution < 1.29 is 14.7 Å². The summed E-state index contributed by atoms with van der Waals surface area (Å²) in [5, 5.41) is 13.6. The summed E-state index contributed by atoms with van der Waals surface area (Å²) in [6.07, 6.45) is 0.110. The van der Waals surface area contributed by atoms with Crippen LogP contribution in [0.3, 0.4) is 0 Å². The molecule has 0 saturated carbocycles. The predicted octanol–water partition coefficient (Wildman–Crippen LogP) is 2.60. The summed E-state index contributed by atoms with van der Waals surface area (Å²) in [7, 11) is 0. The van der Waals surface area contributed by atoms with Crippen molar-refractivity contribution in [3.8, 4) is 0 Å². The number of rotatable bonds is 4. The van der Waals surface area contributed by atoms with E-state index in [1.165, 1.54) is 0 Å². The van der Waals surface area contributed by atoms with Gasteiger partial charge in [-0.05, 0) is 36.8 Å². The van der Waals surface area contributed by atoms with E-state index in [4.69, 9.17) is 5.73 Å². The third-order valence-electron chi connectivity index (χ3n) is 3.01. The standard InChI is InChI=1S/C16H18N2O3/c1-16(2,17)9-14(19)18-13-8-11-6-4-3-5-10(11)7-12(13)15(20)21/h3-8H,9,17H2,1-2H3,(H,18,19)(H,20,21). The van der Waals surface area contributed by atoms with Crippen molar-refractivity contribution in [2.45, 2.75) is 25.8 Å². The molecule has 0 aromatic heterocycles. The molecule has 0 heterocycles. The zero-order valence-corrected chi connectivity index (χ0v) is 12.0. The molecule has 0 atom stereocenters. The summed E-state index contributed by atoms with van der Waals surface area (Å²) in [6, 6.07) is 10.6. The van der Waals surface area contributed by atoms with E-state index in [9.17, 15) is 14.7 Å². The van der Waals surface area contributed by atoms with Gasteiger partial charge in [-0.15, -0.1) is 0 Å². The van der Waals surface area contributed by atoms with Gasteiger partial charge in [0.15, 0.2) is 0 Å². The van der Waals surface area contributed by atoms with E-state index >= 15 is 0 Å². The van der Waals surface area contributed by atoms with Crippen molar-refractivity contribution in [2.75, 3.05) is 5.32 Å². The smallest absolute Gasteiger partial charge is 0.337 e. The van der Waals surface area contributed by atoms with Gasteiger partial charge in [-0.25, -0.2) is 4.79 Å². The van der Waals surface area contributed by atoms with Crippen LogP contribution in [0.2, 0.25) is 0 Å². The Kier molecular flexibility index (Phi) is 3.95. The highest BCUT2D eigenvalue weighted by atomic mass is 16.4. The fourth-order valence-electron chi connectivity index (χ4n) is 2.13. The van der Waals surface area contributed by atoms with Gasteiger partial charge in [-0.1, -0.05) is 24.3 Å². The second-order valence-electron chi connectivity index (χ2n) is 5.76. The van der Waals surface area contributed by atoms with E-state index < -0.39 is 11.5 Å². The number of anilines is 1. The van der Waals surface area contributed by atoms with E-state index in [2.05, 4.69) is 5.32 Å². The molecule has 0 unspecified atom stereocenters. The molecule has 2 aromatic rings. The molecule has 5 heteroatoms. The number of carbonyl (C=O) groups is 2. The lowest BCUT2D eigenvalue weighted by Gasteiger charge is -2.18. The quantitative estimate of drug-likeness (QED) is 0.805. The number of amides is 1. The maximum absolute atomic E-state index is 12.0. The van der Waals surface area contributed by atoms with E-state index in [-0.39, 0.29) is 23.6 Å². The van der Waals surface area contributed by atoms with Crippen molar-refractivity contribution in [3.05, 3.63) is 42.0 Å². The van der Waals surface area contributed by atoms with Crippen molar-refractivity contribution in [2.24, 2.45) is 5.73 Å². The van der Waals surface area contributed by atoms with Gasteiger partial charge in [0.2, 0.25) is 5.91 Å². The number of benzene rings is 2. The monoisotopic (exact) mass is 286 g/mol. The van der Waals surface area contributed by atoms with Gasteiger partial charge in [0.25, 0.3) is 0 Å². The Morgan fingerprint density at radius 1 is 1.19 bits per heavy atom. The highest BCUT2D eigenvalue weighted by molar-refractivity contribution is 6.05.